The lowest BCUT2D eigenvalue weighted by atomic mass is 10.1. The highest BCUT2D eigenvalue weighted by Crippen LogP contribution is 2.17. The molecule has 0 aromatic heterocycles. The van der Waals surface area contributed by atoms with Gasteiger partial charge in [0.25, 0.3) is 10.1 Å². The standard InChI is InChI=1S/C5H9NO4S/c1-3-2-4(6-5(3)7)11(8,9)10/h3-4H,2H2,1H3,(H,6,7)(H,8,9,10). The average molecular weight is 179 g/mol. The summed E-state index contributed by atoms with van der Waals surface area (Å²) < 4.78 is 29.4. The fourth-order valence-electron chi connectivity index (χ4n) is 0.984. The maximum Gasteiger partial charge on any atom is 0.286 e. The topological polar surface area (TPSA) is 83.5 Å². The zero-order chi connectivity index (χ0) is 8.65. The molecule has 6 heteroatoms. The average Bonchev–Trinajstić information content (AvgIpc) is 2.11. The van der Waals surface area contributed by atoms with E-state index in [1.165, 1.54) is 0 Å². The molecule has 0 radical (unpaired) electrons. The third-order valence-corrected chi connectivity index (χ3v) is 2.71. The molecule has 2 unspecified atom stereocenters. The Morgan fingerprint density at radius 1 is 1.64 bits per heavy atom. The number of carbonyl (C=O) groups is 1. The summed E-state index contributed by atoms with van der Waals surface area (Å²) >= 11 is 0. The van der Waals surface area contributed by atoms with Crippen molar-refractivity contribution in [3.8, 4) is 0 Å². The molecule has 5 nitrogen and oxygen atoms in total. The second kappa shape index (κ2) is 2.46. The molecule has 1 saturated heterocycles. The number of rotatable bonds is 1. The first-order valence-electron chi connectivity index (χ1n) is 3.18. The van der Waals surface area contributed by atoms with Crippen LogP contribution in [0.1, 0.15) is 13.3 Å². The molecule has 1 fully saturated rings. The van der Waals surface area contributed by atoms with E-state index in [2.05, 4.69) is 5.32 Å². The van der Waals surface area contributed by atoms with Crippen molar-refractivity contribution in [1.29, 1.82) is 0 Å². The Bertz CT molecular complexity index is 270. The normalized spacial score (nSPS) is 32.0. The molecular weight excluding hydrogens is 170 g/mol. The van der Waals surface area contributed by atoms with Crippen molar-refractivity contribution in [2.45, 2.75) is 18.7 Å². The Balaban J connectivity index is 2.77. The minimum atomic E-state index is -4.10. The van der Waals surface area contributed by atoms with Gasteiger partial charge in [-0.3, -0.25) is 9.35 Å². The molecule has 11 heavy (non-hydrogen) atoms. The highest BCUT2D eigenvalue weighted by atomic mass is 32.2. The van der Waals surface area contributed by atoms with Crippen LogP contribution in [0.4, 0.5) is 0 Å². The van der Waals surface area contributed by atoms with Crippen molar-refractivity contribution in [3.63, 3.8) is 0 Å². The minimum Gasteiger partial charge on any atom is -0.337 e. The van der Waals surface area contributed by atoms with Gasteiger partial charge in [0.15, 0.2) is 5.37 Å². The number of amides is 1. The quantitative estimate of drug-likeness (QED) is 0.524. The van der Waals surface area contributed by atoms with Crippen LogP contribution in [0.15, 0.2) is 0 Å². The molecule has 1 amide bonds. The zero-order valence-corrected chi connectivity index (χ0v) is 6.76. The van der Waals surface area contributed by atoms with Crippen LogP contribution in [0.5, 0.6) is 0 Å². The molecule has 2 N–H and O–H groups in total. The largest absolute Gasteiger partial charge is 0.337 e. The Morgan fingerprint density at radius 3 is 2.36 bits per heavy atom. The van der Waals surface area contributed by atoms with E-state index in [0.717, 1.165) is 0 Å². The molecule has 2 atom stereocenters. The third-order valence-electron chi connectivity index (χ3n) is 1.68. The predicted molar refractivity (Wildman–Crippen MR) is 37.3 cm³/mol. The summed E-state index contributed by atoms with van der Waals surface area (Å²) in [5, 5.41) is 1.06. The monoisotopic (exact) mass is 179 g/mol. The lowest BCUT2D eigenvalue weighted by Crippen LogP contribution is -2.32. The zero-order valence-electron chi connectivity index (χ0n) is 5.94. The van der Waals surface area contributed by atoms with Crippen molar-refractivity contribution < 1.29 is 17.8 Å². The van der Waals surface area contributed by atoms with E-state index in [1.807, 2.05) is 0 Å². The van der Waals surface area contributed by atoms with Gasteiger partial charge in [0.1, 0.15) is 0 Å². The summed E-state index contributed by atoms with van der Waals surface area (Å²) in [5.74, 6) is -0.658. The van der Waals surface area contributed by atoms with E-state index in [-0.39, 0.29) is 18.2 Å². The van der Waals surface area contributed by atoms with Crippen LogP contribution < -0.4 is 5.32 Å². The van der Waals surface area contributed by atoms with Crippen molar-refractivity contribution in [2.24, 2.45) is 5.92 Å². The van der Waals surface area contributed by atoms with Gasteiger partial charge >= 0.3 is 0 Å². The van der Waals surface area contributed by atoms with Crippen molar-refractivity contribution in [2.75, 3.05) is 0 Å². The second-order valence-corrected chi connectivity index (χ2v) is 4.25. The van der Waals surface area contributed by atoms with Gasteiger partial charge in [-0.2, -0.15) is 8.42 Å². The van der Waals surface area contributed by atoms with Crippen molar-refractivity contribution >= 4 is 16.0 Å². The Morgan fingerprint density at radius 2 is 2.18 bits per heavy atom. The molecule has 1 aliphatic rings. The van der Waals surface area contributed by atoms with Crippen LogP contribution in [0.3, 0.4) is 0 Å². The van der Waals surface area contributed by atoms with Gasteiger partial charge in [0, 0.05) is 5.92 Å². The molecule has 1 rings (SSSR count). The van der Waals surface area contributed by atoms with E-state index in [0.29, 0.717) is 0 Å². The number of carbonyl (C=O) groups excluding carboxylic acids is 1. The fourth-order valence-corrected chi connectivity index (χ4v) is 1.78. The molecular formula is C5H9NO4S. The van der Waals surface area contributed by atoms with Crippen LogP contribution in [0.2, 0.25) is 0 Å². The first-order valence-corrected chi connectivity index (χ1v) is 4.68. The second-order valence-electron chi connectivity index (χ2n) is 2.65. The number of hydrogen-bond acceptors (Lipinski definition) is 3. The summed E-state index contributed by atoms with van der Waals surface area (Å²) in [7, 11) is -4.10. The number of hydrogen-bond donors (Lipinski definition) is 2. The Kier molecular flexibility index (Phi) is 1.89. The molecule has 0 aromatic carbocycles. The summed E-state index contributed by atoms with van der Waals surface area (Å²) in [6, 6.07) is 0. The smallest absolute Gasteiger partial charge is 0.286 e. The fraction of sp³-hybridized carbons (Fsp3) is 0.800. The molecule has 0 saturated carbocycles. The van der Waals surface area contributed by atoms with Crippen molar-refractivity contribution in [3.05, 3.63) is 0 Å². The lowest BCUT2D eigenvalue weighted by Gasteiger charge is -2.03. The first-order chi connectivity index (χ1) is 4.91. The molecule has 64 valence electrons. The van der Waals surface area contributed by atoms with Gasteiger partial charge in [-0.25, -0.2) is 0 Å². The first kappa shape index (κ1) is 8.48. The van der Waals surface area contributed by atoms with Gasteiger partial charge in [-0.1, -0.05) is 6.92 Å². The van der Waals surface area contributed by atoms with E-state index in [4.69, 9.17) is 4.55 Å². The van der Waals surface area contributed by atoms with E-state index in [9.17, 15) is 13.2 Å². The molecule has 0 spiro atoms. The molecule has 1 heterocycles. The minimum absolute atomic E-state index is 0.150. The van der Waals surface area contributed by atoms with Crippen LogP contribution >= 0.6 is 0 Å². The molecule has 0 aromatic rings. The van der Waals surface area contributed by atoms with Gasteiger partial charge in [0.2, 0.25) is 5.91 Å². The van der Waals surface area contributed by atoms with Crippen LogP contribution in [0, 0.1) is 5.92 Å². The summed E-state index contributed by atoms with van der Waals surface area (Å²) in [4.78, 5) is 10.7. The van der Waals surface area contributed by atoms with Crippen LogP contribution in [-0.2, 0) is 14.9 Å². The summed E-state index contributed by atoms with van der Waals surface area (Å²) in [6.07, 6.45) is 0.150. The maximum atomic E-state index is 10.7. The molecule has 1 aliphatic heterocycles. The summed E-state index contributed by atoms with van der Waals surface area (Å²) in [6.45, 7) is 1.61. The van der Waals surface area contributed by atoms with Crippen LogP contribution in [-0.4, -0.2) is 24.3 Å². The van der Waals surface area contributed by atoms with Gasteiger partial charge in [0.05, 0.1) is 0 Å². The number of nitrogens with one attached hydrogen (secondary N) is 1. The van der Waals surface area contributed by atoms with Gasteiger partial charge in [-0.05, 0) is 6.42 Å². The van der Waals surface area contributed by atoms with Gasteiger partial charge in [-0.15, -0.1) is 0 Å². The molecule has 0 bridgehead atoms. The predicted octanol–water partition coefficient (Wildman–Crippen LogP) is -0.644. The highest BCUT2D eigenvalue weighted by Gasteiger charge is 2.35. The third kappa shape index (κ3) is 1.69. The van der Waals surface area contributed by atoms with E-state index in [1.54, 1.807) is 6.92 Å². The van der Waals surface area contributed by atoms with E-state index < -0.39 is 15.5 Å². The van der Waals surface area contributed by atoms with E-state index >= 15 is 0 Å². The Hall–Kier alpha value is -0.620. The SMILES string of the molecule is CC1CC(S(=O)(=O)O)NC1=O. The Labute approximate surface area is 64.5 Å². The van der Waals surface area contributed by atoms with Crippen LogP contribution in [0.25, 0.3) is 0 Å². The molecule has 0 aliphatic carbocycles. The van der Waals surface area contributed by atoms with Crippen molar-refractivity contribution in [1.82, 2.24) is 5.32 Å². The summed E-state index contributed by atoms with van der Waals surface area (Å²) in [5.41, 5.74) is 0. The maximum absolute atomic E-state index is 10.7. The lowest BCUT2D eigenvalue weighted by molar-refractivity contribution is -0.122. The van der Waals surface area contributed by atoms with Gasteiger partial charge < -0.3 is 5.32 Å². The highest BCUT2D eigenvalue weighted by molar-refractivity contribution is 7.86.